The molecule has 1 amide bonds. The summed E-state index contributed by atoms with van der Waals surface area (Å²) in [6, 6.07) is 7.67. The van der Waals surface area contributed by atoms with Crippen molar-refractivity contribution < 1.29 is 4.79 Å². The molecule has 1 fully saturated rings. The predicted molar refractivity (Wildman–Crippen MR) is 91.5 cm³/mol. The molecule has 1 aromatic heterocycles. The van der Waals surface area contributed by atoms with Gasteiger partial charge in [0.05, 0.1) is 11.1 Å². The smallest absolute Gasteiger partial charge is 0.230 e. The number of aryl methyl sites for hydroxylation is 2. The van der Waals surface area contributed by atoms with Crippen LogP contribution in [0, 0.1) is 6.92 Å². The zero-order valence-corrected chi connectivity index (χ0v) is 14.4. The van der Waals surface area contributed by atoms with Crippen LogP contribution >= 0.6 is 11.6 Å². The molecule has 3 rings (SSSR count). The number of rotatable bonds is 5. The van der Waals surface area contributed by atoms with Gasteiger partial charge in [0.25, 0.3) is 0 Å². The Balaban J connectivity index is 1.73. The van der Waals surface area contributed by atoms with Crippen LogP contribution in [0.25, 0.3) is 0 Å². The highest BCUT2D eigenvalue weighted by Crippen LogP contribution is 2.44. The van der Waals surface area contributed by atoms with Gasteiger partial charge in [0.2, 0.25) is 5.91 Å². The molecule has 0 atom stereocenters. The topological polar surface area (TPSA) is 46.9 Å². The van der Waals surface area contributed by atoms with Gasteiger partial charge in [-0.1, -0.05) is 30.2 Å². The minimum atomic E-state index is -0.390. The highest BCUT2D eigenvalue weighted by Gasteiger charge is 2.45. The lowest BCUT2D eigenvalue weighted by molar-refractivity contribution is -0.130. The van der Waals surface area contributed by atoms with Gasteiger partial charge >= 0.3 is 0 Å². The van der Waals surface area contributed by atoms with Gasteiger partial charge in [0.15, 0.2) is 0 Å². The Hall–Kier alpha value is -1.81. The molecule has 0 aliphatic heterocycles. The molecule has 0 unspecified atom stereocenters. The number of carbonyl (C=O) groups is 1. The lowest BCUT2D eigenvalue weighted by Crippen LogP contribution is -2.49. The van der Waals surface area contributed by atoms with E-state index in [0.717, 1.165) is 42.6 Å². The summed E-state index contributed by atoms with van der Waals surface area (Å²) in [4.78, 5) is 12.8. The predicted octanol–water partition coefficient (Wildman–Crippen LogP) is 3.60. The first-order chi connectivity index (χ1) is 11.0. The van der Waals surface area contributed by atoms with Gasteiger partial charge in [-0.3, -0.25) is 9.48 Å². The van der Waals surface area contributed by atoms with Gasteiger partial charge in [0, 0.05) is 29.9 Å². The molecule has 0 bridgehead atoms. The Morgan fingerprint density at radius 3 is 2.57 bits per heavy atom. The Bertz CT molecular complexity index is 702. The van der Waals surface area contributed by atoms with Crippen molar-refractivity contribution in [3.63, 3.8) is 0 Å². The van der Waals surface area contributed by atoms with E-state index < -0.39 is 0 Å². The van der Waals surface area contributed by atoms with Gasteiger partial charge in [-0.05, 0) is 44.4 Å². The standard InChI is InChI=1S/C18H22ClN3O/c1-3-22-12-14(13(2)21-22)11-20-17(23)18(9-4-10-18)15-5-7-16(19)8-6-15/h5-8,12H,3-4,9-11H2,1-2H3,(H,20,23). The summed E-state index contributed by atoms with van der Waals surface area (Å²) in [6.45, 7) is 5.40. The summed E-state index contributed by atoms with van der Waals surface area (Å²) in [6.07, 6.45) is 4.88. The van der Waals surface area contributed by atoms with Crippen LogP contribution in [-0.2, 0) is 23.3 Å². The maximum absolute atomic E-state index is 12.8. The minimum Gasteiger partial charge on any atom is -0.351 e. The number of nitrogens with zero attached hydrogens (tertiary/aromatic N) is 2. The zero-order chi connectivity index (χ0) is 16.4. The van der Waals surface area contributed by atoms with Gasteiger partial charge in [-0.2, -0.15) is 5.10 Å². The maximum Gasteiger partial charge on any atom is 0.230 e. The van der Waals surface area contributed by atoms with Crippen LogP contribution in [0.15, 0.2) is 30.5 Å². The first kappa shape index (κ1) is 16.1. The van der Waals surface area contributed by atoms with Crippen LogP contribution in [-0.4, -0.2) is 15.7 Å². The third-order valence-corrected chi connectivity index (χ3v) is 5.10. The van der Waals surface area contributed by atoms with E-state index in [4.69, 9.17) is 11.6 Å². The van der Waals surface area contributed by atoms with E-state index in [0.29, 0.717) is 11.6 Å². The van der Waals surface area contributed by atoms with Gasteiger partial charge in [-0.25, -0.2) is 0 Å². The molecule has 1 heterocycles. The highest BCUT2D eigenvalue weighted by molar-refractivity contribution is 6.30. The molecule has 1 N–H and O–H groups in total. The molecular weight excluding hydrogens is 310 g/mol. The third-order valence-electron chi connectivity index (χ3n) is 4.85. The molecule has 0 spiro atoms. The van der Waals surface area contributed by atoms with Gasteiger partial charge in [-0.15, -0.1) is 0 Å². The fraction of sp³-hybridized carbons (Fsp3) is 0.444. The quantitative estimate of drug-likeness (QED) is 0.910. The SMILES string of the molecule is CCn1cc(CNC(=O)C2(c3ccc(Cl)cc3)CCC2)c(C)n1. The van der Waals surface area contributed by atoms with Crippen LogP contribution in [0.1, 0.15) is 43.0 Å². The summed E-state index contributed by atoms with van der Waals surface area (Å²) in [5, 5.41) is 8.23. The van der Waals surface area contributed by atoms with Crippen molar-refractivity contribution in [2.75, 3.05) is 0 Å². The number of aromatic nitrogens is 2. The Labute approximate surface area is 141 Å². The van der Waals surface area contributed by atoms with Crippen LogP contribution in [0.5, 0.6) is 0 Å². The van der Waals surface area contributed by atoms with E-state index in [1.165, 1.54) is 0 Å². The third kappa shape index (κ3) is 3.00. The number of benzene rings is 1. The number of nitrogens with one attached hydrogen (secondary N) is 1. The largest absolute Gasteiger partial charge is 0.351 e. The number of amides is 1. The van der Waals surface area contributed by atoms with Crippen molar-refractivity contribution in [1.82, 2.24) is 15.1 Å². The lowest BCUT2D eigenvalue weighted by atomic mass is 9.64. The van der Waals surface area contributed by atoms with Crippen LogP contribution in [0.4, 0.5) is 0 Å². The fourth-order valence-electron chi connectivity index (χ4n) is 3.19. The molecule has 0 saturated heterocycles. The number of halogens is 1. The molecule has 1 aliphatic carbocycles. The molecule has 0 radical (unpaired) electrons. The summed E-state index contributed by atoms with van der Waals surface area (Å²) < 4.78 is 1.90. The van der Waals surface area contributed by atoms with E-state index in [1.54, 1.807) is 0 Å². The van der Waals surface area contributed by atoms with Gasteiger partial charge < -0.3 is 5.32 Å². The lowest BCUT2D eigenvalue weighted by Gasteiger charge is -2.40. The number of carbonyl (C=O) groups excluding carboxylic acids is 1. The summed E-state index contributed by atoms with van der Waals surface area (Å²) in [5.41, 5.74) is 2.72. The van der Waals surface area contributed by atoms with Crippen molar-refractivity contribution in [2.45, 2.75) is 51.6 Å². The highest BCUT2D eigenvalue weighted by atomic mass is 35.5. The van der Waals surface area contributed by atoms with Crippen molar-refractivity contribution in [3.05, 3.63) is 52.3 Å². The second-order valence-corrected chi connectivity index (χ2v) is 6.66. The molecule has 4 nitrogen and oxygen atoms in total. The van der Waals surface area contributed by atoms with E-state index in [9.17, 15) is 4.79 Å². The monoisotopic (exact) mass is 331 g/mol. The van der Waals surface area contributed by atoms with Gasteiger partial charge in [0.1, 0.15) is 0 Å². The Kier molecular flexibility index (Phi) is 4.44. The first-order valence-electron chi connectivity index (χ1n) is 8.12. The van der Waals surface area contributed by atoms with E-state index in [2.05, 4.69) is 17.3 Å². The molecule has 23 heavy (non-hydrogen) atoms. The zero-order valence-electron chi connectivity index (χ0n) is 13.6. The second-order valence-electron chi connectivity index (χ2n) is 6.22. The molecule has 122 valence electrons. The molecule has 1 aromatic carbocycles. The normalized spacial score (nSPS) is 16.0. The minimum absolute atomic E-state index is 0.106. The van der Waals surface area contributed by atoms with E-state index >= 15 is 0 Å². The van der Waals surface area contributed by atoms with E-state index in [-0.39, 0.29) is 11.3 Å². The average Bonchev–Trinajstić information content (AvgIpc) is 2.86. The molecular formula is C18H22ClN3O. The summed E-state index contributed by atoms with van der Waals surface area (Å²) in [5.74, 6) is 0.106. The molecule has 2 aromatic rings. The molecule has 1 aliphatic rings. The molecule has 1 saturated carbocycles. The summed E-state index contributed by atoms with van der Waals surface area (Å²) in [7, 11) is 0. The summed E-state index contributed by atoms with van der Waals surface area (Å²) >= 11 is 5.97. The average molecular weight is 332 g/mol. The number of hydrogen-bond acceptors (Lipinski definition) is 2. The molecule has 5 heteroatoms. The Morgan fingerprint density at radius 2 is 2.04 bits per heavy atom. The van der Waals surface area contributed by atoms with E-state index in [1.807, 2.05) is 42.1 Å². The first-order valence-corrected chi connectivity index (χ1v) is 8.50. The maximum atomic E-state index is 12.8. The fourth-order valence-corrected chi connectivity index (χ4v) is 3.31. The number of hydrogen-bond donors (Lipinski definition) is 1. The van der Waals surface area contributed by atoms with Crippen LogP contribution < -0.4 is 5.32 Å². The van der Waals surface area contributed by atoms with Crippen molar-refractivity contribution in [1.29, 1.82) is 0 Å². The van der Waals surface area contributed by atoms with Crippen LogP contribution in [0.2, 0.25) is 5.02 Å². The van der Waals surface area contributed by atoms with Crippen molar-refractivity contribution in [2.24, 2.45) is 0 Å². The van der Waals surface area contributed by atoms with Crippen LogP contribution in [0.3, 0.4) is 0 Å². The Morgan fingerprint density at radius 1 is 1.35 bits per heavy atom. The van der Waals surface area contributed by atoms with Crippen molar-refractivity contribution in [3.8, 4) is 0 Å². The second kappa shape index (κ2) is 6.36. The van der Waals surface area contributed by atoms with Crippen molar-refractivity contribution >= 4 is 17.5 Å².